The number of anilines is 2. The zero-order valence-corrected chi connectivity index (χ0v) is 13.9. The largest absolute Gasteiger partial charge is 0.388 e. The maximum Gasteiger partial charge on any atom is 0.353 e. The van der Waals surface area contributed by atoms with Crippen LogP contribution in [0.3, 0.4) is 0 Å². The summed E-state index contributed by atoms with van der Waals surface area (Å²) in [5.74, 6) is 0.255. The number of hydrogen-bond acceptors (Lipinski definition) is 3. The Bertz CT molecular complexity index is 1020. The average Bonchev–Trinajstić information content (AvgIpc) is 3.08. The van der Waals surface area contributed by atoms with Gasteiger partial charge in [-0.05, 0) is 42.0 Å². The molecule has 1 unspecified atom stereocenters. The van der Waals surface area contributed by atoms with Crippen LogP contribution in [0.25, 0.3) is 5.65 Å². The summed E-state index contributed by atoms with van der Waals surface area (Å²) in [5, 5.41) is 16.8. The van der Waals surface area contributed by atoms with E-state index in [0.717, 1.165) is 22.6 Å². The van der Waals surface area contributed by atoms with Crippen molar-refractivity contribution in [1.29, 1.82) is 0 Å². The van der Waals surface area contributed by atoms with Crippen molar-refractivity contribution in [1.82, 2.24) is 10.1 Å². The number of benzene rings is 2. The fourth-order valence-corrected chi connectivity index (χ4v) is 2.88. The zero-order chi connectivity index (χ0) is 17.9. The number of halogens is 1. The topological polar surface area (TPSA) is 65.0 Å². The molecule has 0 fully saturated rings. The zero-order valence-electron chi connectivity index (χ0n) is 13.9. The van der Waals surface area contributed by atoms with E-state index in [2.05, 4.69) is 15.4 Å². The van der Waals surface area contributed by atoms with E-state index >= 15 is 0 Å². The van der Waals surface area contributed by atoms with Crippen molar-refractivity contribution < 1.29 is 14.0 Å². The minimum absolute atomic E-state index is 0.285. The molecular weight excluding hydrogens is 331 g/mol. The normalized spacial score (nSPS) is 12.2. The number of fused-ring (bicyclic) bond motifs is 1. The maximum absolute atomic E-state index is 13.0. The fraction of sp³-hybridized carbons (Fsp3) is 0.100. The summed E-state index contributed by atoms with van der Waals surface area (Å²) in [6, 6.07) is 21.4. The smallest absolute Gasteiger partial charge is 0.353 e. The molecule has 130 valence electrons. The second-order valence-corrected chi connectivity index (χ2v) is 6.05. The van der Waals surface area contributed by atoms with Crippen LogP contribution in [0.2, 0.25) is 0 Å². The monoisotopic (exact) mass is 349 g/mol. The van der Waals surface area contributed by atoms with E-state index in [1.54, 1.807) is 12.1 Å². The van der Waals surface area contributed by atoms with Gasteiger partial charge in [0.2, 0.25) is 0 Å². The van der Waals surface area contributed by atoms with Gasteiger partial charge in [0.15, 0.2) is 0 Å². The Morgan fingerprint density at radius 3 is 2.54 bits per heavy atom. The molecule has 0 aliphatic heterocycles. The highest BCUT2D eigenvalue weighted by molar-refractivity contribution is 5.53. The van der Waals surface area contributed by atoms with Gasteiger partial charge in [0.25, 0.3) is 0 Å². The molecule has 0 radical (unpaired) electrons. The average molecular weight is 349 g/mol. The first-order chi connectivity index (χ1) is 12.7. The van der Waals surface area contributed by atoms with Crippen molar-refractivity contribution >= 4 is 17.3 Å². The molecule has 1 atom stereocenters. The molecule has 0 saturated heterocycles. The quantitative estimate of drug-likeness (QED) is 0.484. The highest BCUT2D eigenvalue weighted by atomic mass is 19.1. The molecule has 4 aromatic rings. The van der Waals surface area contributed by atoms with Gasteiger partial charge in [-0.3, -0.25) is 0 Å². The van der Waals surface area contributed by atoms with Crippen LogP contribution in [0, 0.1) is 5.82 Å². The molecule has 0 aliphatic rings. The molecule has 0 aliphatic carbocycles. The predicted molar refractivity (Wildman–Crippen MR) is 96.5 cm³/mol. The second-order valence-electron chi connectivity index (χ2n) is 6.05. The van der Waals surface area contributed by atoms with E-state index < -0.39 is 6.10 Å². The van der Waals surface area contributed by atoms with Gasteiger partial charge in [-0.2, -0.15) is 5.10 Å². The van der Waals surface area contributed by atoms with E-state index in [1.165, 1.54) is 12.1 Å². The molecule has 2 aromatic heterocycles. The number of aliphatic hydroxyl groups is 1. The summed E-state index contributed by atoms with van der Waals surface area (Å²) in [5.41, 5.74) is 3.23. The Morgan fingerprint density at radius 1 is 1.00 bits per heavy atom. The number of pyridine rings is 1. The summed E-state index contributed by atoms with van der Waals surface area (Å²) in [6.45, 7) is 0. The van der Waals surface area contributed by atoms with E-state index in [-0.39, 0.29) is 5.82 Å². The number of aromatic amines is 1. The second kappa shape index (κ2) is 6.93. The Labute approximate surface area is 149 Å². The number of nitrogens with one attached hydrogen (secondary N) is 2. The summed E-state index contributed by atoms with van der Waals surface area (Å²) < 4.78 is 14.9. The molecular formula is C20H18FN4O+. The van der Waals surface area contributed by atoms with Gasteiger partial charge < -0.3 is 10.4 Å². The van der Waals surface area contributed by atoms with Crippen LogP contribution in [-0.4, -0.2) is 15.2 Å². The highest BCUT2D eigenvalue weighted by Crippen LogP contribution is 2.17. The molecule has 0 spiro atoms. The number of nitrogens with zero attached hydrogens (tertiary/aromatic N) is 2. The molecule has 26 heavy (non-hydrogen) atoms. The highest BCUT2D eigenvalue weighted by Gasteiger charge is 2.18. The van der Waals surface area contributed by atoms with E-state index in [4.69, 9.17) is 0 Å². The lowest BCUT2D eigenvalue weighted by atomic mass is 10.0. The lowest BCUT2D eigenvalue weighted by Crippen LogP contribution is -2.30. The molecule has 4 rings (SSSR count). The minimum atomic E-state index is -0.605. The summed E-state index contributed by atoms with van der Waals surface area (Å²) >= 11 is 0. The van der Waals surface area contributed by atoms with E-state index in [0.29, 0.717) is 12.4 Å². The van der Waals surface area contributed by atoms with Crippen LogP contribution in [0.1, 0.15) is 17.4 Å². The Kier molecular flexibility index (Phi) is 4.33. The van der Waals surface area contributed by atoms with Crippen molar-refractivity contribution in [2.45, 2.75) is 12.5 Å². The third kappa shape index (κ3) is 3.41. The van der Waals surface area contributed by atoms with Gasteiger partial charge in [0, 0.05) is 23.2 Å². The third-order valence-electron chi connectivity index (χ3n) is 4.19. The Balaban J connectivity index is 1.60. The Morgan fingerprint density at radius 2 is 1.77 bits per heavy atom. The maximum atomic E-state index is 13.0. The molecule has 2 heterocycles. The summed E-state index contributed by atoms with van der Waals surface area (Å²) in [6.07, 6.45) is -0.157. The fourth-order valence-electron chi connectivity index (χ4n) is 2.88. The molecule has 5 nitrogen and oxygen atoms in total. The van der Waals surface area contributed by atoms with E-state index in [1.807, 2.05) is 53.0 Å². The third-order valence-corrected chi connectivity index (χ3v) is 4.19. The first-order valence-electron chi connectivity index (χ1n) is 8.34. The van der Waals surface area contributed by atoms with Crippen molar-refractivity contribution in [2.75, 3.05) is 5.32 Å². The SMILES string of the molecule is OC(Cc1cccc2nc(Nc3ccc(F)cc3)[nH][n+]12)c1ccccc1. The lowest BCUT2D eigenvalue weighted by molar-refractivity contribution is -0.585. The van der Waals surface area contributed by atoms with Crippen LogP contribution in [0.4, 0.5) is 16.0 Å². The van der Waals surface area contributed by atoms with Crippen molar-refractivity contribution in [2.24, 2.45) is 0 Å². The first-order valence-corrected chi connectivity index (χ1v) is 8.34. The van der Waals surface area contributed by atoms with Gasteiger partial charge in [0.1, 0.15) is 11.5 Å². The van der Waals surface area contributed by atoms with Crippen LogP contribution < -0.4 is 9.83 Å². The standard InChI is InChI=1S/C20H17FN4O/c21-15-9-11-16(12-10-15)22-20-23-19-8-4-7-17(25(19)24-20)13-18(26)14-5-2-1-3-6-14/h1-12,18,26H,13H2,(H,22,24)/p+1. The molecule has 0 bridgehead atoms. The lowest BCUT2D eigenvalue weighted by Gasteiger charge is -2.09. The van der Waals surface area contributed by atoms with Crippen molar-refractivity contribution in [3.05, 3.63) is 89.9 Å². The van der Waals surface area contributed by atoms with Crippen molar-refractivity contribution in [3.8, 4) is 0 Å². The van der Waals surface area contributed by atoms with Gasteiger partial charge in [-0.25, -0.2) is 4.39 Å². The van der Waals surface area contributed by atoms with Gasteiger partial charge in [-0.15, -0.1) is 4.52 Å². The number of hydrogen-bond donors (Lipinski definition) is 3. The number of aromatic nitrogens is 3. The molecule has 0 saturated carbocycles. The van der Waals surface area contributed by atoms with Crippen LogP contribution in [0.15, 0.2) is 72.8 Å². The van der Waals surface area contributed by atoms with Gasteiger partial charge >= 0.3 is 11.6 Å². The van der Waals surface area contributed by atoms with E-state index in [9.17, 15) is 9.50 Å². The molecule has 2 aromatic carbocycles. The predicted octanol–water partition coefficient (Wildman–Crippen LogP) is 3.31. The van der Waals surface area contributed by atoms with Crippen LogP contribution in [0.5, 0.6) is 0 Å². The molecule has 0 amide bonds. The summed E-state index contributed by atoms with van der Waals surface area (Å²) in [7, 11) is 0. The summed E-state index contributed by atoms with van der Waals surface area (Å²) in [4.78, 5) is 4.49. The van der Waals surface area contributed by atoms with Crippen LogP contribution in [-0.2, 0) is 6.42 Å². The van der Waals surface area contributed by atoms with Crippen LogP contribution >= 0.6 is 0 Å². The molecule has 6 heteroatoms. The molecule has 3 N–H and O–H groups in total. The minimum Gasteiger partial charge on any atom is -0.388 e. The van der Waals surface area contributed by atoms with Gasteiger partial charge in [0.05, 0.1) is 6.10 Å². The Hall–Kier alpha value is -3.25. The van der Waals surface area contributed by atoms with Gasteiger partial charge in [-0.1, -0.05) is 30.3 Å². The first kappa shape index (κ1) is 16.2. The number of aliphatic hydroxyl groups excluding tert-OH is 1. The van der Waals surface area contributed by atoms with Crippen molar-refractivity contribution in [3.63, 3.8) is 0 Å². The number of rotatable bonds is 5. The number of H-pyrrole nitrogens is 1.